The summed E-state index contributed by atoms with van der Waals surface area (Å²) in [6.45, 7) is 1.49. The molecule has 0 saturated heterocycles. The lowest BCUT2D eigenvalue weighted by atomic mass is 10.1. The van der Waals surface area contributed by atoms with E-state index in [2.05, 4.69) is 4.74 Å². The van der Waals surface area contributed by atoms with Crippen molar-refractivity contribution in [1.29, 1.82) is 0 Å². The van der Waals surface area contributed by atoms with Crippen LogP contribution in [0.2, 0.25) is 0 Å². The van der Waals surface area contributed by atoms with Gasteiger partial charge >= 0.3 is 12.1 Å². The van der Waals surface area contributed by atoms with Gasteiger partial charge in [0.15, 0.2) is 6.61 Å². The zero-order valence-electron chi connectivity index (χ0n) is 12.0. The Bertz CT molecular complexity index is 543. The molecule has 1 aromatic rings. The van der Waals surface area contributed by atoms with Gasteiger partial charge in [-0.2, -0.15) is 13.2 Å². The largest absolute Gasteiger partial charge is 0.482 e. The molecule has 0 aliphatic carbocycles. The molecule has 0 heterocycles. The molecule has 0 spiro atoms. The average Bonchev–Trinajstić information content (AvgIpc) is 2.48. The van der Waals surface area contributed by atoms with Gasteiger partial charge < -0.3 is 9.47 Å². The van der Waals surface area contributed by atoms with Gasteiger partial charge in [-0.15, -0.1) is 0 Å². The maximum absolute atomic E-state index is 12.2. The molecule has 0 radical (unpaired) electrons. The van der Waals surface area contributed by atoms with E-state index in [9.17, 15) is 22.8 Å². The Hall–Kier alpha value is -1.70. The minimum Gasteiger partial charge on any atom is -0.482 e. The molecule has 0 aromatic heterocycles. The summed E-state index contributed by atoms with van der Waals surface area (Å²) in [6, 6.07) is 4.44. The van der Waals surface area contributed by atoms with Crippen LogP contribution in [0.5, 0.6) is 5.75 Å². The number of hydrogen-bond acceptors (Lipinski definition) is 5. The van der Waals surface area contributed by atoms with Crippen LogP contribution in [0.4, 0.5) is 13.2 Å². The van der Waals surface area contributed by atoms with Gasteiger partial charge in [0.05, 0.1) is 12.9 Å². The van der Waals surface area contributed by atoms with Crippen molar-refractivity contribution in [2.24, 2.45) is 0 Å². The molecule has 0 atom stereocenters. The lowest BCUT2D eigenvalue weighted by Gasteiger charge is -2.10. The van der Waals surface area contributed by atoms with Crippen molar-refractivity contribution < 1.29 is 32.2 Å². The zero-order chi connectivity index (χ0) is 16.8. The smallest absolute Gasteiger partial charge is 0.398 e. The van der Waals surface area contributed by atoms with Crippen molar-refractivity contribution >= 4 is 22.8 Å². The summed E-state index contributed by atoms with van der Waals surface area (Å²) < 4.78 is 46.1. The van der Waals surface area contributed by atoms with Crippen molar-refractivity contribution in [2.45, 2.75) is 19.5 Å². The van der Waals surface area contributed by atoms with Crippen LogP contribution in [0, 0.1) is 0 Å². The monoisotopic (exact) mass is 336 g/mol. The van der Waals surface area contributed by atoms with Gasteiger partial charge in [-0.3, -0.25) is 4.79 Å². The standard InChI is InChI=1S/C14H15F3O4S/c1-3-9-4-10(13(19)22-8-14(15,16)17)6-11(5-9)21-7-12(18)20-2/h4-6H,3,7-8H2,1-2H3. The second-order valence-corrected chi connectivity index (χ2v) is 5.22. The van der Waals surface area contributed by atoms with E-state index in [1.807, 2.05) is 6.92 Å². The van der Waals surface area contributed by atoms with Crippen LogP contribution in [0.3, 0.4) is 0 Å². The molecule has 122 valence electrons. The molecule has 22 heavy (non-hydrogen) atoms. The van der Waals surface area contributed by atoms with Gasteiger partial charge in [0.25, 0.3) is 0 Å². The number of carbonyl (C=O) groups is 2. The van der Waals surface area contributed by atoms with Gasteiger partial charge in [-0.25, -0.2) is 4.79 Å². The van der Waals surface area contributed by atoms with E-state index in [1.54, 1.807) is 6.07 Å². The molecule has 1 aromatic carbocycles. The molecule has 1 rings (SSSR count). The maximum atomic E-state index is 12.2. The van der Waals surface area contributed by atoms with Gasteiger partial charge in [0.1, 0.15) is 5.75 Å². The van der Waals surface area contributed by atoms with Crippen molar-refractivity contribution in [3.63, 3.8) is 0 Å². The van der Waals surface area contributed by atoms with E-state index < -0.39 is 23.0 Å². The third-order valence-electron chi connectivity index (χ3n) is 2.56. The predicted octanol–water partition coefficient (Wildman–Crippen LogP) is 3.24. The fourth-order valence-electron chi connectivity index (χ4n) is 1.50. The Balaban J connectivity index is 2.85. The normalized spacial score (nSPS) is 11.1. The van der Waals surface area contributed by atoms with Crippen molar-refractivity contribution in [3.8, 4) is 5.75 Å². The van der Waals surface area contributed by atoms with Crippen molar-refractivity contribution in [2.75, 3.05) is 19.5 Å². The van der Waals surface area contributed by atoms with Gasteiger partial charge in [0.2, 0.25) is 5.12 Å². The third kappa shape index (κ3) is 6.38. The summed E-state index contributed by atoms with van der Waals surface area (Å²) in [4.78, 5) is 22.8. The van der Waals surface area contributed by atoms with Gasteiger partial charge in [0, 0.05) is 5.56 Å². The Morgan fingerprint density at radius 3 is 2.45 bits per heavy atom. The fraction of sp³-hybridized carbons (Fsp3) is 0.429. The molecule has 8 heteroatoms. The van der Waals surface area contributed by atoms with Crippen LogP contribution in [-0.2, 0) is 16.0 Å². The van der Waals surface area contributed by atoms with Crippen LogP contribution < -0.4 is 4.74 Å². The maximum Gasteiger partial charge on any atom is 0.398 e. The molecular formula is C14H15F3O4S. The Morgan fingerprint density at radius 1 is 1.23 bits per heavy atom. The summed E-state index contributed by atoms with van der Waals surface area (Å²) in [5, 5.41) is -0.699. The van der Waals surface area contributed by atoms with Crippen LogP contribution in [0.1, 0.15) is 22.8 Å². The van der Waals surface area contributed by atoms with E-state index in [1.165, 1.54) is 19.2 Å². The first-order valence-corrected chi connectivity index (χ1v) is 7.31. The van der Waals surface area contributed by atoms with Crippen molar-refractivity contribution in [1.82, 2.24) is 0 Å². The SMILES string of the molecule is CCc1cc(OCC(=O)OC)cc(C(=O)SCC(F)(F)F)c1. The molecule has 0 aliphatic heterocycles. The highest BCUT2D eigenvalue weighted by atomic mass is 32.2. The third-order valence-corrected chi connectivity index (χ3v) is 3.53. The number of aryl methyl sites for hydroxylation is 1. The summed E-state index contributed by atoms with van der Waals surface area (Å²) in [5.41, 5.74) is 0.826. The minimum absolute atomic E-state index is 0.105. The predicted molar refractivity (Wildman–Crippen MR) is 76.2 cm³/mol. The Labute approximate surface area is 130 Å². The van der Waals surface area contributed by atoms with Gasteiger partial charge in [-0.05, 0) is 30.2 Å². The van der Waals surface area contributed by atoms with Gasteiger partial charge in [-0.1, -0.05) is 18.7 Å². The molecule has 0 N–H and O–H groups in total. The van der Waals surface area contributed by atoms with Crippen LogP contribution in [-0.4, -0.2) is 36.7 Å². The minimum atomic E-state index is -4.41. The van der Waals surface area contributed by atoms with E-state index >= 15 is 0 Å². The number of carbonyl (C=O) groups excluding carboxylic acids is 2. The van der Waals surface area contributed by atoms with E-state index in [0.29, 0.717) is 6.42 Å². The highest BCUT2D eigenvalue weighted by Gasteiger charge is 2.29. The molecule has 0 bridgehead atoms. The number of esters is 1. The molecule has 4 nitrogen and oxygen atoms in total. The molecule has 0 saturated carbocycles. The first kappa shape index (κ1) is 18.3. The Kier molecular flexibility index (Phi) is 6.73. The molecule has 0 fully saturated rings. The number of alkyl halides is 3. The summed E-state index contributed by atoms with van der Waals surface area (Å²) >= 11 is 0.182. The lowest BCUT2D eigenvalue weighted by molar-refractivity contribution is -0.142. The van der Waals surface area contributed by atoms with Crippen LogP contribution in [0.25, 0.3) is 0 Å². The zero-order valence-corrected chi connectivity index (χ0v) is 12.8. The van der Waals surface area contributed by atoms with E-state index in [0.717, 1.165) is 5.56 Å². The van der Waals surface area contributed by atoms with Crippen LogP contribution >= 0.6 is 11.8 Å². The van der Waals surface area contributed by atoms with Crippen molar-refractivity contribution in [3.05, 3.63) is 29.3 Å². The Morgan fingerprint density at radius 2 is 1.91 bits per heavy atom. The highest BCUT2D eigenvalue weighted by molar-refractivity contribution is 8.14. The number of thioether (sulfide) groups is 1. The fourth-order valence-corrected chi connectivity index (χ4v) is 2.08. The van der Waals surface area contributed by atoms with E-state index in [-0.39, 0.29) is 29.7 Å². The van der Waals surface area contributed by atoms with Crippen LogP contribution in [0.15, 0.2) is 18.2 Å². The topological polar surface area (TPSA) is 52.6 Å². The second-order valence-electron chi connectivity index (χ2n) is 4.28. The van der Waals surface area contributed by atoms with E-state index in [4.69, 9.17) is 4.74 Å². The molecular weight excluding hydrogens is 321 g/mol. The molecule has 0 unspecified atom stereocenters. The number of halogens is 3. The first-order valence-electron chi connectivity index (χ1n) is 6.32. The molecule has 0 amide bonds. The number of hydrogen-bond donors (Lipinski definition) is 0. The lowest BCUT2D eigenvalue weighted by Crippen LogP contribution is -2.14. The number of benzene rings is 1. The quantitative estimate of drug-likeness (QED) is 0.747. The number of methoxy groups -OCH3 is 1. The highest BCUT2D eigenvalue weighted by Crippen LogP contribution is 2.26. The number of rotatable bonds is 6. The summed E-state index contributed by atoms with van der Waals surface area (Å²) in [5.74, 6) is -1.61. The summed E-state index contributed by atoms with van der Waals surface area (Å²) in [7, 11) is 1.21. The number of ether oxygens (including phenoxy) is 2. The first-order chi connectivity index (χ1) is 10.2. The molecule has 0 aliphatic rings. The summed E-state index contributed by atoms with van der Waals surface area (Å²) in [6.07, 6.45) is -3.84. The average molecular weight is 336 g/mol. The second kappa shape index (κ2) is 8.07.